The van der Waals surface area contributed by atoms with Crippen LogP contribution in [0.5, 0.6) is 5.75 Å². The lowest BCUT2D eigenvalue weighted by atomic mass is 10.3. The lowest BCUT2D eigenvalue weighted by Crippen LogP contribution is -1.89. The molecule has 0 amide bonds. The molecule has 0 unspecified atom stereocenters. The topological polar surface area (TPSA) is 76.8 Å². The highest BCUT2D eigenvalue weighted by Gasteiger charge is 2.07. The smallest absolute Gasteiger partial charge is 0.171 e. The number of methoxy groups -OCH3 is 1. The summed E-state index contributed by atoms with van der Waals surface area (Å²) in [5, 5.41) is 0.793. The van der Waals surface area contributed by atoms with Gasteiger partial charge in [-0.25, -0.2) is 4.98 Å². The molecule has 0 saturated carbocycles. The van der Waals surface area contributed by atoms with Crippen LogP contribution >= 0.6 is 11.8 Å². The van der Waals surface area contributed by atoms with E-state index in [-0.39, 0.29) is 0 Å². The third kappa shape index (κ3) is 2.34. The van der Waals surface area contributed by atoms with Crippen LogP contribution in [0.2, 0.25) is 0 Å². The van der Waals surface area contributed by atoms with Crippen molar-refractivity contribution in [2.75, 3.05) is 12.8 Å². The molecule has 0 aliphatic heterocycles. The maximum Gasteiger partial charge on any atom is 0.171 e. The number of ether oxygens (including phenoxy) is 1. The highest BCUT2D eigenvalue weighted by molar-refractivity contribution is 7.99. The van der Waals surface area contributed by atoms with Gasteiger partial charge in [0.25, 0.3) is 0 Å². The fourth-order valence-corrected chi connectivity index (χ4v) is 2.54. The van der Waals surface area contributed by atoms with E-state index in [4.69, 9.17) is 10.5 Å². The summed E-state index contributed by atoms with van der Waals surface area (Å²) in [6.45, 7) is 0. The van der Waals surface area contributed by atoms with Crippen LogP contribution in [0, 0.1) is 0 Å². The summed E-state index contributed by atoms with van der Waals surface area (Å²) in [4.78, 5) is 12.6. The molecule has 0 saturated heterocycles. The number of benzene rings is 1. The molecule has 3 N–H and O–H groups in total. The van der Waals surface area contributed by atoms with E-state index in [1.54, 1.807) is 19.5 Å². The van der Waals surface area contributed by atoms with E-state index < -0.39 is 0 Å². The molecule has 0 radical (unpaired) electrons. The van der Waals surface area contributed by atoms with Gasteiger partial charge in [-0.15, -0.1) is 0 Å². The van der Waals surface area contributed by atoms with E-state index >= 15 is 0 Å². The van der Waals surface area contributed by atoms with Crippen molar-refractivity contribution in [3.8, 4) is 5.75 Å². The number of hydrogen-bond donors (Lipinski definition) is 2. The number of nitrogens with zero attached hydrogens (tertiary/aromatic N) is 2. The van der Waals surface area contributed by atoms with E-state index in [1.165, 1.54) is 11.8 Å². The molecule has 19 heavy (non-hydrogen) atoms. The Morgan fingerprint density at radius 3 is 3.00 bits per heavy atom. The van der Waals surface area contributed by atoms with Gasteiger partial charge in [-0.3, -0.25) is 4.98 Å². The fourth-order valence-electron chi connectivity index (χ4n) is 1.73. The van der Waals surface area contributed by atoms with Gasteiger partial charge in [0.05, 0.1) is 30.0 Å². The van der Waals surface area contributed by atoms with Gasteiger partial charge >= 0.3 is 0 Å². The highest BCUT2D eigenvalue weighted by atomic mass is 32.2. The zero-order chi connectivity index (χ0) is 13.2. The molecular weight excluding hydrogens is 260 g/mol. The number of imidazole rings is 1. The minimum Gasteiger partial charge on any atom is -0.497 e. The van der Waals surface area contributed by atoms with Crippen LogP contribution in [-0.2, 0) is 0 Å². The predicted octanol–water partition coefficient (Wildman–Crippen LogP) is 2.70. The molecule has 0 bridgehead atoms. The third-order valence-corrected chi connectivity index (χ3v) is 3.66. The number of aromatic amines is 1. The van der Waals surface area contributed by atoms with Gasteiger partial charge in [0.1, 0.15) is 5.75 Å². The summed E-state index contributed by atoms with van der Waals surface area (Å²) in [6, 6.07) is 7.60. The summed E-state index contributed by atoms with van der Waals surface area (Å²) in [7, 11) is 1.64. The van der Waals surface area contributed by atoms with Gasteiger partial charge in [0.15, 0.2) is 5.16 Å². The Bertz CT molecular complexity index is 725. The first-order valence-electron chi connectivity index (χ1n) is 5.67. The Labute approximate surface area is 114 Å². The number of nitrogens with one attached hydrogen (secondary N) is 1. The van der Waals surface area contributed by atoms with Crippen LogP contribution in [0.3, 0.4) is 0 Å². The van der Waals surface area contributed by atoms with Gasteiger partial charge in [0.2, 0.25) is 0 Å². The van der Waals surface area contributed by atoms with Gasteiger partial charge in [-0.05, 0) is 30.0 Å². The van der Waals surface area contributed by atoms with Crippen molar-refractivity contribution >= 4 is 28.5 Å². The van der Waals surface area contributed by atoms with Crippen molar-refractivity contribution in [3.05, 3.63) is 36.7 Å². The number of H-pyrrole nitrogens is 1. The summed E-state index contributed by atoms with van der Waals surface area (Å²) in [5.74, 6) is 0.802. The Hall–Kier alpha value is -2.21. The molecule has 96 valence electrons. The summed E-state index contributed by atoms with van der Waals surface area (Å²) in [5.41, 5.74) is 8.35. The zero-order valence-corrected chi connectivity index (χ0v) is 11.1. The number of pyridine rings is 1. The Morgan fingerprint density at radius 1 is 1.32 bits per heavy atom. The van der Waals surface area contributed by atoms with Crippen molar-refractivity contribution in [3.63, 3.8) is 0 Å². The van der Waals surface area contributed by atoms with E-state index in [0.717, 1.165) is 26.8 Å². The first kappa shape index (κ1) is 11.9. The molecular formula is C13H12N4OS. The molecule has 0 atom stereocenters. The first-order chi connectivity index (χ1) is 9.26. The van der Waals surface area contributed by atoms with Crippen LogP contribution in [-0.4, -0.2) is 22.1 Å². The van der Waals surface area contributed by atoms with Crippen LogP contribution in [0.4, 0.5) is 5.69 Å². The minimum absolute atomic E-state index is 0.644. The maximum absolute atomic E-state index is 5.86. The molecule has 3 rings (SSSR count). The standard InChI is InChI=1S/C13H12N4OS/c1-18-8-2-3-10-11(6-8)17-13(16-10)19-12-4-5-15-7-9(12)14/h2-7H,14H2,1H3,(H,16,17). The number of anilines is 1. The van der Waals surface area contributed by atoms with Gasteiger partial charge in [0, 0.05) is 17.2 Å². The minimum atomic E-state index is 0.644. The van der Waals surface area contributed by atoms with E-state index in [2.05, 4.69) is 15.0 Å². The quantitative estimate of drug-likeness (QED) is 0.766. The molecule has 5 nitrogen and oxygen atoms in total. The maximum atomic E-state index is 5.86. The van der Waals surface area contributed by atoms with Crippen LogP contribution in [0.25, 0.3) is 11.0 Å². The highest BCUT2D eigenvalue weighted by Crippen LogP contribution is 2.31. The molecule has 0 aliphatic rings. The second-order valence-corrected chi connectivity index (χ2v) is 4.97. The number of nitrogens with two attached hydrogens (primary N) is 1. The summed E-state index contributed by atoms with van der Waals surface area (Å²) >= 11 is 1.48. The molecule has 3 aromatic rings. The largest absolute Gasteiger partial charge is 0.497 e. The number of aromatic nitrogens is 3. The van der Waals surface area contributed by atoms with Crippen LogP contribution < -0.4 is 10.5 Å². The third-order valence-electron chi connectivity index (χ3n) is 2.68. The average Bonchev–Trinajstić information content (AvgIpc) is 2.82. The molecule has 2 heterocycles. The second kappa shape index (κ2) is 4.81. The van der Waals surface area contributed by atoms with E-state index in [9.17, 15) is 0 Å². The Morgan fingerprint density at radius 2 is 2.21 bits per heavy atom. The van der Waals surface area contributed by atoms with Crippen molar-refractivity contribution in [1.29, 1.82) is 0 Å². The van der Waals surface area contributed by atoms with Gasteiger partial charge in [-0.2, -0.15) is 0 Å². The molecule has 0 aliphatic carbocycles. The van der Waals surface area contributed by atoms with Crippen LogP contribution in [0.15, 0.2) is 46.7 Å². The molecule has 0 fully saturated rings. The van der Waals surface area contributed by atoms with Crippen LogP contribution in [0.1, 0.15) is 0 Å². The average molecular weight is 272 g/mol. The lowest BCUT2D eigenvalue weighted by Gasteiger charge is -2.00. The molecule has 6 heteroatoms. The van der Waals surface area contributed by atoms with Gasteiger partial charge < -0.3 is 15.5 Å². The monoisotopic (exact) mass is 272 g/mol. The molecule has 1 aromatic carbocycles. The van der Waals surface area contributed by atoms with Crippen molar-refractivity contribution < 1.29 is 4.74 Å². The first-order valence-corrected chi connectivity index (χ1v) is 6.49. The Balaban J connectivity index is 1.95. The lowest BCUT2D eigenvalue weighted by molar-refractivity contribution is 0.415. The van der Waals surface area contributed by atoms with Crippen molar-refractivity contribution in [2.45, 2.75) is 10.1 Å². The van der Waals surface area contributed by atoms with Crippen molar-refractivity contribution in [1.82, 2.24) is 15.0 Å². The second-order valence-electron chi connectivity index (χ2n) is 3.94. The number of hydrogen-bond acceptors (Lipinski definition) is 5. The molecule has 0 spiro atoms. The summed E-state index contributed by atoms with van der Waals surface area (Å²) in [6.07, 6.45) is 3.35. The number of nitrogen functional groups attached to an aromatic ring is 1. The Kier molecular flexibility index (Phi) is 3.00. The number of rotatable bonds is 3. The van der Waals surface area contributed by atoms with E-state index in [1.807, 2.05) is 24.3 Å². The number of fused-ring (bicyclic) bond motifs is 1. The zero-order valence-electron chi connectivity index (χ0n) is 10.3. The predicted molar refractivity (Wildman–Crippen MR) is 75.4 cm³/mol. The normalized spacial score (nSPS) is 10.8. The summed E-state index contributed by atoms with van der Waals surface area (Å²) < 4.78 is 5.19. The molecule has 2 aromatic heterocycles. The van der Waals surface area contributed by atoms with E-state index in [0.29, 0.717) is 5.69 Å². The van der Waals surface area contributed by atoms with Gasteiger partial charge in [-0.1, -0.05) is 0 Å². The fraction of sp³-hybridized carbons (Fsp3) is 0.0769. The van der Waals surface area contributed by atoms with Crippen molar-refractivity contribution in [2.24, 2.45) is 0 Å². The SMILES string of the molecule is COc1ccc2nc(Sc3ccncc3N)[nH]c2c1.